The zero-order chi connectivity index (χ0) is 19.4. The number of carbonyl (C=O) groups is 2. The van der Waals surface area contributed by atoms with Crippen LogP contribution in [0.1, 0.15) is 30.6 Å². The van der Waals surface area contributed by atoms with Crippen molar-refractivity contribution in [2.45, 2.75) is 26.8 Å². The van der Waals surface area contributed by atoms with E-state index < -0.39 is 5.69 Å². The second-order valence-electron chi connectivity index (χ2n) is 6.43. The molecule has 0 bridgehead atoms. The summed E-state index contributed by atoms with van der Waals surface area (Å²) in [6, 6.07) is 10.1. The van der Waals surface area contributed by atoms with Crippen LogP contribution in [0, 0.1) is 5.92 Å². The standard InChI is InChI=1S/C18H19N5O3S/c1-12(2)10-16(25)19-14-7-5-13(6-8-14)15(24)11-22-18(26)23(21-20-22)17-4-3-9-27-17/h3-9,12H,10-11H2,1-2H3,(H,19,25). The van der Waals surface area contributed by atoms with E-state index in [0.717, 1.165) is 9.36 Å². The number of carbonyl (C=O) groups excluding carboxylic acids is 2. The Hall–Kier alpha value is -3.07. The van der Waals surface area contributed by atoms with Gasteiger partial charge in [0.05, 0.1) is 0 Å². The Labute approximate surface area is 159 Å². The molecule has 3 aromatic rings. The third-order valence-electron chi connectivity index (χ3n) is 3.73. The van der Waals surface area contributed by atoms with Crippen LogP contribution in [0.25, 0.3) is 5.00 Å². The van der Waals surface area contributed by atoms with Crippen molar-refractivity contribution in [3.8, 4) is 5.00 Å². The number of ketones is 1. The lowest BCUT2D eigenvalue weighted by Crippen LogP contribution is -2.27. The topological polar surface area (TPSA) is 98.9 Å². The summed E-state index contributed by atoms with van der Waals surface area (Å²) in [5.41, 5.74) is 0.579. The number of benzene rings is 1. The molecule has 1 amide bonds. The fourth-order valence-corrected chi connectivity index (χ4v) is 3.12. The molecule has 27 heavy (non-hydrogen) atoms. The van der Waals surface area contributed by atoms with E-state index in [-0.39, 0.29) is 24.2 Å². The molecular weight excluding hydrogens is 366 g/mol. The highest BCUT2D eigenvalue weighted by atomic mass is 32.1. The molecule has 140 valence electrons. The van der Waals surface area contributed by atoms with Gasteiger partial charge in [-0.25, -0.2) is 4.79 Å². The second-order valence-corrected chi connectivity index (χ2v) is 7.36. The SMILES string of the molecule is CC(C)CC(=O)Nc1ccc(C(=O)Cn2nnn(-c3cccs3)c2=O)cc1. The molecule has 0 spiro atoms. The average molecular weight is 385 g/mol. The predicted molar refractivity (Wildman–Crippen MR) is 102 cm³/mol. The van der Waals surface area contributed by atoms with Crippen LogP contribution in [0.5, 0.6) is 0 Å². The molecule has 0 aliphatic rings. The molecule has 0 saturated carbocycles. The summed E-state index contributed by atoms with van der Waals surface area (Å²) < 4.78 is 2.19. The minimum atomic E-state index is -0.469. The number of nitrogens with one attached hydrogen (secondary N) is 1. The Bertz CT molecular complexity index is 987. The van der Waals surface area contributed by atoms with Crippen LogP contribution in [-0.2, 0) is 11.3 Å². The minimum absolute atomic E-state index is 0.0687. The van der Waals surface area contributed by atoms with Crippen LogP contribution in [0.3, 0.4) is 0 Å². The first kappa shape index (κ1) is 18.7. The maximum atomic E-state index is 12.4. The number of rotatable bonds is 7. The molecule has 2 aromatic heterocycles. The van der Waals surface area contributed by atoms with Crippen LogP contribution in [0.2, 0.25) is 0 Å². The summed E-state index contributed by atoms with van der Waals surface area (Å²) in [5, 5.41) is 12.8. The van der Waals surface area contributed by atoms with Crippen molar-refractivity contribution in [1.29, 1.82) is 0 Å². The van der Waals surface area contributed by atoms with Crippen LogP contribution in [0.4, 0.5) is 5.69 Å². The van der Waals surface area contributed by atoms with E-state index in [2.05, 4.69) is 15.7 Å². The van der Waals surface area contributed by atoms with Gasteiger partial charge in [-0.3, -0.25) is 9.59 Å². The van der Waals surface area contributed by atoms with Crippen molar-refractivity contribution in [3.05, 3.63) is 57.8 Å². The first-order chi connectivity index (χ1) is 12.9. The average Bonchev–Trinajstić information content (AvgIpc) is 3.25. The van der Waals surface area contributed by atoms with Crippen molar-refractivity contribution in [2.75, 3.05) is 5.32 Å². The number of hydrogen-bond acceptors (Lipinski definition) is 6. The lowest BCUT2D eigenvalue weighted by atomic mass is 10.1. The molecule has 1 aromatic carbocycles. The first-order valence-corrected chi connectivity index (χ1v) is 9.32. The molecule has 0 atom stereocenters. The Morgan fingerprint density at radius 1 is 1.15 bits per heavy atom. The number of amides is 1. The van der Waals surface area contributed by atoms with Gasteiger partial charge in [0.15, 0.2) is 5.78 Å². The molecule has 0 aliphatic carbocycles. The smallest absolute Gasteiger partial charge is 0.326 e. The largest absolute Gasteiger partial charge is 0.369 e. The highest BCUT2D eigenvalue weighted by Gasteiger charge is 2.14. The van der Waals surface area contributed by atoms with Gasteiger partial charge in [0.1, 0.15) is 11.5 Å². The summed E-state index contributed by atoms with van der Waals surface area (Å²) >= 11 is 1.36. The van der Waals surface area contributed by atoms with Gasteiger partial charge in [0.2, 0.25) is 5.91 Å². The molecule has 1 N–H and O–H groups in total. The van der Waals surface area contributed by atoms with Gasteiger partial charge in [0.25, 0.3) is 0 Å². The van der Waals surface area contributed by atoms with E-state index in [1.54, 1.807) is 36.4 Å². The lowest BCUT2D eigenvalue weighted by Gasteiger charge is -2.07. The van der Waals surface area contributed by atoms with Crippen LogP contribution in [0.15, 0.2) is 46.6 Å². The fourth-order valence-electron chi connectivity index (χ4n) is 2.45. The molecule has 0 radical (unpaired) electrons. The molecule has 0 fully saturated rings. The van der Waals surface area contributed by atoms with Crippen LogP contribution < -0.4 is 11.0 Å². The molecule has 9 heteroatoms. The predicted octanol–water partition coefficient (Wildman–Crippen LogP) is 2.36. The summed E-state index contributed by atoms with van der Waals surface area (Å²) in [5.74, 6) is -0.0667. The Kier molecular flexibility index (Phi) is 5.60. The van der Waals surface area contributed by atoms with E-state index in [1.165, 1.54) is 11.3 Å². The van der Waals surface area contributed by atoms with Gasteiger partial charge in [0, 0.05) is 17.7 Å². The minimum Gasteiger partial charge on any atom is -0.326 e. The molecule has 8 nitrogen and oxygen atoms in total. The second kappa shape index (κ2) is 8.09. The Morgan fingerprint density at radius 2 is 1.89 bits per heavy atom. The van der Waals surface area contributed by atoms with Gasteiger partial charge < -0.3 is 5.32 Å². The van der Waals surface area contributed by atoms with Gasteiger partial charge in [-0.05, 0) is 58.1 Å². The number of tetrazole rings is 1. The Balaban J connectivity index is 1.67. The fraction of sp³-hybridized carbons (Fsp3) is 0.278. The number of thiophene rings is 1. The van der Waals surface area contributed by atoms with E-state index in [9.17, 15) is 14.4 Å². The number of aromatic nitrogens is 4. The molecule has 2 heterocycles. The number of anilines is 1. The van der Waals surface area contributed by atoms with Crippen molar-refractivity contribution >= 4 is 28.7 Å². The molecular formula is C18H19N5O3S. The van der Waals surface area contributed by atoms with Gasteiger partial charge in [-0.1, -0.05) is 13.8 Å². The molecule has 0 saturated heterocycles. The van der Waals surface area contributed by atoms with Crippen LogP contribution in [-0.4, -0.2) is 31.5 Å². The van der Waals surface area contributed by atoms with Crippen molar-refractivity contribution in [1.82, 2.24) is 19.8 Å². The Morgan fingerprint density at radius 3 is 2.52 bits per heavy atom. The van der Waals surface area contributed by atoms with E-state index >= 15 is 0 Å². The number of nitrogens with zero attached hydrogens (tertiary/aromatic N) is 4. The third kappa shape index (κ3) is 4.56. The number of hydrogen-bond donors (Lipinski definition) is 1. The summed E-state index contributed by atoms with van der Waals surface area (Å²) in [6.45, 7) is 3.74. The summed E-state index contributed by atoms with van der Waals surface area (Å²) in [7, 11) is 0. The first-order valence-electron chi connectivity index (χ1n) is 8.44. The van der Waals surface area contributed by atoms with Crippen LogP contribution >= 0.6 is 11.3 Å². The highest BCUT2D eigenvalue weighted by Crippen LogP contribution is 2.13. The van der Waals surface area contributed by atoms with Gasteiger partial charge in [-0.15, -0.1) is 11.3 Å². The van der Waals surface area contributed by atoms with Crippen molar-refractivity contribution < 1.29 is 9.59 Å². The number of Topliss-reactive ketones (excluding diaryl/α,β-unsaturated/α-hetero) is 1. The van der Waals surface area contributed by atoms with Crippen molar-refractivity contribution in [2.24, 2.45) is 5.92 Å². The quantitative estimate of drug-likeness (QED) is 0.630. The van der Waals surface area contributed by atoms with Gasteiger partial charge in [-0.2, -0.15) is 9.36 Å². The maximum Gasteiger partial charge on any atom is 0.369 e. The highest BCUT2D eigenvalue weighted by molar-refractivity contribution is 7.12. The van der Waals surface area contributed by atoms with Gasteiger partial charge >= 0.3 is 5.69 Å². The normalized spacial score (nSPS) is 10.9. The third-order valence-corrected chi connectivity index (χ3v) is 4.58. The zero-order valence-corrected chi connectivity index (χ0v) is 15.8. The molecule has 0 aliphatic heterocycles. The summed E-state index contributed by atoms with van der Waals surface area (Å²) in [6.07, 6.45) is 0.434. The summed E-state index contributed by atoms with van der Waals surface area (Å²) in [4.78, 5) is 36.5. The molecule has 3 rings (SSSR count). The van der Waals surface area contributed by atoms with E-state index in [0.29, 0.717) is 22.7 Å². The lowest BCUT2D eigenvalue weighted by molar-refractivity contribution is -0.116. The maximum absolute atomic E-state index is 12.4. The van der Waals surface area contributed by atoms with E-state index in [4.69, 9.17) is 0 Å². The van der Waals surface area contributed by atoms with E-state index in [1.807, 2.05) is 19.2 Å². The monoisotopic (exact) mass is 385 g/mol. The molecule has 0 unspecified atom stereocenters. The zero-order valence-electron chi connectivity index (χ0n) is 15.0. The van der Waals surface area contributed by atoms with Crippen molar-refractivity contribution in [3.63, 3.8) is 0 Å².